The van der Waals surface area contributed by atoms with Gasteiger partial charge in [0.1, 0.15) is 5.75 Å². The molecule has 1 nitrogen and oxygen atoms in total. The Balaban J connectivity index is 0.000000671. The topological polar surface area (TPSA) is 9.23 Å². The summed E-state index contributed by atoms with van der Waals surface area (Å²) in [6.07, 6.45) is 0. The Morgan fingerprint density at radius 3 is 2.08 bits per heavy atom. The quantitative estimate of drug-likeness (QED) is 0.645. The molecule has 1 aromatic carbocycles. The van der Waals surface area contributed by atoms with Crippen molar-refractivity contribution in [1.82, 2.24) is 0 Å². The van der Waals surface area contributed by atoms with Crippen LogP contribution in [-0.2, 0) is 0 Å². The maximum atomic E-state index is 5.67. The van der Waals surface area contributed by atoms with E-state index in [2.05, 4.69) is 6.58 Å². The third kappa shape index (κ3) is 5.31. The van der Waals surface area contributed by atoms with Gasteiger partial charge in [-0.15, -0.1) is 0 Å². The van der Waals surface area contributed by atoms with Gasteiger partial charge >= 0.3 is 0 Å². The van der Waals surface area contributed by atoms with Gasteiger partial charge in [-0.1, -0.05) is 32.0 Å². The minimum atomic E-state index is 0.673. The molecule has 0 heterocycles. The highest BCUT2D eigenvalue weighted by Gasteiger charge is 1.92. The van der Waals surface area contributed by atoms with Crippen LogP contribution in [0.25, 0.3) is 0 Å². The first kappa shape index (κ1) is 12.0. The van der Waals surface area contributed by atoms with Crippen molar-refractivity contribution in [2.45, 2.75) is 20.8 Å². The highest BCUT2D eigenvalue weighted by molar-refractivity contribution is 6.30. The summed E-state index contributed by atoms with van der Waals surface area (Å²) in [6, 6.07) is 7.16. The van der Waals surface area contributed by atoms with Crippen molar-refractivity contribution in [1.29, 1.82) is 0 Å². The summed E-state index contributed by atoms with van der Waals surface area (Å²) >= 11 is 5.67. The van der Waals surface area contributed by atoms with Gasteiger partial charge in [0.25, 0.3) is 0 Å². The molecule has 0 aliphatic rings. The molecular weight excluding hydrogens is 184 g/mol. The van der Waals surface area contributed by atoms with Crippen molar-refractivity contribution >= 4 is 11.6 Å². The van der Waals surface area contributed by atoms with Gasteiger partial charge in [0.15, 0.2) is 0 Å². The Bertz CT molecular complexity index is 251. The lowest BCUT2D eigenvalue weighted by Gasteiger charge is -2.02. The maximum Gasteiger partial charge on any atom is 0.126 e. The van der Waals surface area contributed by atoms with Crippen molar-refractivity contribution in [3.05, 3.63) is 41.6 Å². The molecule has 0 spiro atoms. The Morgan fingerprint density at radius 2 is 1.69 bits per heavy atom. The van der Waals surface area contributed by atoms with Gasteiger partial charge in [-0.2, -0.15) is 0 Å². The lowest BCUT2D eigenvalue weighted by atomic mass is 10.3. The van der Waals surface area contributed by atoms with E-state index in [0.717, 1.165) is 5.75 Å². The van der Waals surface area contributed by atoms with E-state index in [1.54, 1.807) is 31.2 Å². The molecule has 0 aliphatic carbocycles. The first-order valence-electron chi connectivity index (χ1n) is 4.27. The van der Waals surface area contributed by atoms with E-state index in [4.69, 9.17) is 16.3 Å². The third-order valence-corrected chi connectivity index (χ3v) is 1.36. The van der Waals surface area contributed by atoms with Crippen LogP contribution in [0.5, 0.6) is 5.75 Å². The number of benzene rings is 1. The number of hydrogen-bond donors (Lipinski definition) is 0. The van der Waals surface area contributed by atoms with Gasteiger partial charge in [-0.05, 0) is 31.2 Å². The average molecular weight is 199 g/mol. The first-order valence-corrected chi connectivity index (χ1v) is 4.65. The lowest BCUT2D eigenvalue weighted by molar-refractivity contribution is 0.430. The van der Waals surface area contributed by atoms with Crippen LogP contribution in [0.1, 0.15) is 20.8 Å². The number of hydrogen-bond acceptors (Lipinski definition) is 1. The number of allylic oxidation sites excluding steroid dienone is 1. The fourth-order valence-corrected chi connectivity index (χ4v) is 0.830. The maximum absolute atomic E-state index is 5.67. The fraction of sp³-hybridized carbons (Fsp3) is 0.273. The van der Waals surface area contributed by atoms with Crippen LogP contribution >= 0.6 is 11.6 Å². The Labute approximate surface area is 85.0 Å². The molecule has 72 valence electrons. The summed E-state index contributed by atoms with van der Waals surface area (Å²) in [5.74, 6) is 1.44. The van der Waals surface area contributed by atoms with Crippen LogP contribution in [0.15, 0.2) is 36.6 Å². The molecule has 13 heavy (non-hydrogen) atoms. The SMILES string of the molecule is C=C(C)Oc1ccc(Cl)cc1.CC. The number of ether oxygens (including phenoxy) is 1. The molecular formula is C11H15ClO. The second-order valence-corrected chi connectivity index (χ2v) is 2.69. The summed E-state index contributed by atoms with van der Waals surface area (Å²) < 4.78 is 5.22. The second kappa shape index (κ2) is 6.55. The summed E-state index contributed by atoms with van der Waals surface area (Å²) in [4.78, 5) is 0. The second-order valence-electron chi connectivity index (χ2n) is 2.26. The van der Waals surface area contributed by atoms with Crippen LogP contribution in [-0.4, -0.2) is 0 Å². The number of rotatable bonds is 2. The highest BCUT2D eigenvalue weighted by atomic mass is 35.5. The van der Waals surface area contributed by atoms with Gasteiger partial charge in [0.05, 0.1) is 5.76 Å². The molecule has 0 aliphatic heterocycles. The first-order chi connectivity index (χ1) is 6.18. The summed E-state index contributed by atoms with van der Waals surface area (Å²) in [6.45, 7) is 9.42. The predicted octanol–water partition coefficient (Wildman–Crippen LogP) is 4.28. The summed E-state index contributed by atoms with van der Waals surface area (Å²) in [7, 11) is 0. The molecule has 0 amide bonds. The molecule has 0 atom stereocenters. The van der Waals surface area contributed by atoms with Crippen LogP contribution < -0.4 is 4.74 Å². The molecule has 0 fully saturated rings. The molecule has 0 N–H and O–H groups in total. The van der Waals surface area contributed by atoms with Crippen molar-refractivity contribution in [3.63, 3.8) is 0 Å². The standard InChI is InChI=1S/C9H9ClO.C2H6/c1-7(2)11-9-5-3-8(10)4-6-9;1-2/h3-6H,1H2,2H3;1-2H3. The molecule has 0 saturated carbocycles. The predicted molar refractivity (Wildman–Crippen MR) is 58.2 cm³/mol. The zero-order chi connectivity index (χ0) is 10.3. The third-order valence-electron chi connectivity index (χ3n) is 1.11. The molecule has 0 saturated heterocycles. The van der Waals surface area contributed by atoms with Crippen LogP contribution in [0.3, 0.4) is 0 Å². The monoisotopic (exact) mass is 198 g/mol. The minimum Gasteiger partial charge on any atom is -0.463 e. The Morgan fingerprint density at radius 1 is 1.23 bits per heavy atom. The van der Waals surface area contributed by atoms with E-state index in [9.17, 15) is 0 Å². The van der Waals surface area contributed by atoms with Gasteiger partial charge in [0, 0.05) is 5.02 Å². The summed E-state index contributed by atoms with van der Waals surface area (Å²) in [5.41, 5.74) is 0. The zero-order valence-corrected chi connectivity index (χ0v) is 9.06. The highest BCUT2D eigenvalue weighted by Crippen LogP contribution is 2.16. The number of halogens is 1. The van der Waals surface area contributed by atoms with Crippen molar-refractivity contribution in [3.8, 4) is 5.75 Å². The van der Waals surface area contributed by atoms with Gasteiger partial charge in [0.2, 0.25) is 0 Å². The van der Waals surface area contributed by atoms with Gasteiger partial charge in [-0.3, -0.25) is 0 Å². The van der Waals surface area contributed by atoms with E-state index in [1.807, 2.05) is 13.8 Å². The van der Waals surface area contributed by atoms with E-state index in [0.29, 0.717) is 10.8 Å². The largest absolute Gasteiger partial charge is 0.463 e. The molecule has 0 aromatic heterocycles. The van der Waals surface area contributed by atoms with Crippen molar-refractivity contribution < 1.29 is 4.74 Å². The van der Waals surface area contributed by atoms with E-state index < -0.39 is 0 Å². The van der Waals surface area contributed by atoms with Gasteiger partial charge in [-0.25, -0.2) is 0 Å². The van der Waals surface area contributed by atoms with Crippen LogP contribution in [0.2, 0.25) is 5.02 Å². The van der Waals surface area contributed by atoms with Crippen molar-refractivity contribution in [2.24, 2.45) is 0 Å². The molecule has 2 heteroatoms. The molecule has 0 radical (unpaired) electrons. The van der Waals surface area contributed by atoms with E-state index >= 15 is 0 Å². The van der Waals surface area contributed by atoms with E-state index in [-0.39, 0.29) is 0 Å². The Kier molecular flexibility index (Phi) is 6.07. The molecule has 0 unspecified atom stereocenters. The zero-order valence-electron chi connectivity index (χ0n) is 8.30. The summed E-state index contributed by atoms with van der Waals surface area (Å²) in [5, 5.41) is 0.707. The van der Waals surface area contributed by atoms with Gasteiger partial charge < -0.3 is 4.74 Å². The smallest absolute Gasteiger partial charge is 0.126 e. The lowest BCUT2D eigenvalue weighted by Crippen LogP contribution is -1.86. The molecule has 1 rings (SSSR count). The molecule has 1 aromatic rings. The fourth-order valence-electron chi connectivity index (χ4n) is 0.704. The van der Waals surface area contributed by atoms with Crippen LogP contribution in [0, 0.1) is 0 Å². The normalized spacial score (nSPS) is 8.31. The van der Waals surface area contributed by atoms with E-state index in [1.165, 1.54) is 0 Å². The average Bonchev–Trinajstić information content (AvgIpc) is 2.12. The van der Waals surface area contributed by atoms with Crippen molar-refractivity contribution in [2.75, 3.05) is 0 Å². The minimum absolute atomic E-state index is 0.673. The Hall–Kier alpha value is -0.950. The molecule has 0 bridgehead atoms. The van der Waals surface area contributed by atoms with Crippen LogP contribution in [0.4, 0.5) is 0 Å².